The van der Waals surface area contributed by atoms with Gasteiger partial charge in [0.1, 0.15) is 5.00 Å². The third-order valence-electron chi connectivity index (χ3n) is 3.32. The molecule has 5 nitrogen and oxygen atoms in total. The molecule has 0 aliphatic rings. The van der Waals surface area contributed by atoms with Gasteiger partial charge in [-0.2, -0.15) is 0 Å². The standard InChI is InChI=1S/C16H19N3O2S2/c1-4-12-9-13(15(20)21-3)14(23-12)19-16(22)18-10(2)11-5-7-17-8-6-11/h5-10H,4H2,1-3H3,(H2,18,19,22)/t10-/m1/s1. The normalized spacial score (nSPS) is 11.6. The van der Waals surface area contributed by atoms with E-state index in [0.717, 1.165) is 16.9 Å². The van der Waals surface area contributed by atoms with Gasteiger partial charge in [-0.15, -0.1) is 11.3 Å². The van der Waals surface area contributed by atoms with E-state index in [1.54, 1.807) is 12.4 Å². The number of esters is 1. The summed E-state index contributed by atoms with van der Waals surface area (Å²) in [5.74, 6) is -0.367. The number of thiocarbonyl (C=S) groups is 1. The fraction of sp³-hybridized carbons (Fsp3) is 0.312. The van der Waals surface area contributed by atoms with Gasteiger partial charge >= 0.3 is 5.97 Å². The van der Waals surface area contributed by atoms with Crippen molar-refractivity contribution in [1.29, 1.82) is 0 Å². The zero-order valence-corrected chi connectivity index (χ0v) is 14.9. The van der Waals surface area contributed by atoms with Crippen LogP contribution >= 0.6 is 23.6 Å². The van der Waals surface area contributed by atoms with Crippen LogP contribution in [-0.4, -0.2) is 23.2 Å². The quantitative estimate of drug-likeness (QED) is 0.636. The Hall–Kier alpha value is -1.99. The van der Waals surface area contributed by atoms with Crippen molar-refractivity contribution in [3.05, 3.63) is 46.6 Å². The first kappa shape index (κ1) is 17.4. The number of hydrogen-bond donors (Lipinski definition) is 2. The fourth-order valence-corrected chi connectivity index (χ4v) is 3.37. The molecular formula is C16H19N3O2S2. The fourth-order valence-electron chi connectivity index (χ4n) is 2.04. The van der Waals surface area contributed by atoms with Crippen LogP contribution in [0.25, 0.3) is 0 Å². The summed E-state index contributed by atoms with van der Waals surface area (Å²) in [4.78, 5) is 17.0. The minimum absolute atomic E-state index is 0.0326. The summed E-state index contributed by atoms with van der Waals surface area (Å²) in [7, 11) is 1.37. The lowest BCUT2D eigenvalue weighted by molar-refractivity contribution is 0.0602. The van der Waals surface area contributed by atoms with E-state index in [-0.39, 0.29) is 12.0 Å². The molecular weight excluding hydrogens is 330 g/mol. The molecule has 0 amide bonds. The first-order valence-electron chi connectivity index (χ1n) is 7.23. The second-order valence-corrected chi connectivity index (χ2v) is 6.45. The topological polar surface area (TPSA) is 63.2 Å². The molecule has 7 heteroatoms. The van der Waals surface area contributed by atoms with E-state index in [9.17, 15) is 4.79 Å². The second-order valence-electron chi connectivity index (χ2n) is 4.90. The van der Waals surface area contributed by atoms with Crippen LogP contribution in [0, 0.1) is 0 Å². The van der Waals surface area contributed by atoms with Crippen LogP contribution in [0.1, 0.15) is 40.7 Å². The lowest BCUT2D eigenvalue weighted by Gasteiger charge is -2.17. The van der Waals surface area contributed by atoms with Crippen molar-refractivity contribution in [2.45, 2.75) is 26.3 Å². The molecule has 0 bridgehead atoms. The molecule has 1 atom stereocenters. The van der Waals surface area contributed by atoms with Gasteiger partial charge in [0.2, 0.25) is 0 Å². The van der Waals surface area contributed by atoms with Crippen molar-refractivity contribution in [1.82, 2.24) is 10.3 Å². The summed E-state index contributed by atoms with van der Waals surface area (Å²) >= 11 is 6.86. The second kappa shape index (κ2) is 8.03. The molecule has 23 heavy (non-hydrogen) atoms. The zero-order valence-electron chi connectivity index (χ0n) is 13.3. The van der Waals surface area contributed by atoms with E-state index in [2.05, 4.69) is 15.6 Å². The first-order chi connectivity index (χ1) is 11.0. The third-order valence-corrected chi connectivity index (χ3v) is 4.73. The predicted octanol–water partition coefficient (Wildman–Crippen LogP) is 3.54. The molecule has 2 heterocycles. The van der Waals surface area contributed by atoms with Crippen molar-refractivity contribution < 1.29 is 9.53 Å². The van der Waals surface area contributed by atoms with Gasteiger partial charge in [-0.3, -0.25) is 4.98 Å². The number of hydrogen-bond acceptors (Lipinski definition) is 5. The van der Waals surface area contributed by atoms with Crippen molar-refractivity contribution >= 4 is 39.6 Å². The summed E-state index contributed by atoms with van der Waals surface area (Å²) in [6.45, 7) is 4.05. The number of anilines is 1. The molecule has 0 aliphatic carbocycles. The van der Waals surface area contributed by atoms with E-state index in [1.165, 1.54) is 18.4 Å². The average molecular weight is 349 g/mol. The SMILES string of the molecule is CCc1cc(C(=O)OC)c(NC(=S)N[C@H](C)c2ccncc2)s1. The monoisotopic (exact) mass is 349 g/mol. The lowest BCUT2D eigenvalue weighted by atomic mass is 10.1. The van der Waals surface area contributed by atoms with Crippen molar-refractivity contribution in [2.24, 2.45) is 0 Å². The maximum Gasteiger partial charge on any atom is 0.340 e. The molecule has 0 aromatic carbocycles. The number of ether oxygens (including phenoxy) is 1. The van der Waals surface area contributed by atoms with E-state index < -0.39 is 0 Å². The molecule has 122 valence electrons. The summed E-state index contributed by atoms with van der Waals surface area (Å²) in [6, 6.07) is 5.74. The zero-order chi connectivity index (χ0) is 16.8. The number of aryl methyl sites for hydroxylation is 1. The Morgan fingerprint density at radius 3 is 2.74 bits per heavy atom. The summed E-state index contributed by atoms with van der Waals surface area (Å²) < 4.78 is 4.82. The largest absolute Gasteiger partial charge is 0.465 e. The van der Waals surface area contributed by atoms with Crippen molar-refractivity contribution in [2.75, 3.05) is 12.4 Å². The van der Waals surface area contributed by atoms with Gasteiger partial charge in [0.05, 0.1) is 18.7 Å². The number of methoxy groups -OCH3 is 1. The van der Waals surface area contributed by atoms with Crippen LogP contribution in [0.3, 0.4) is 0 Å². The van der Waals surface area contributed by atoms with E-state index >= 15 is 0 Å². The number of pyridine rings is 1. The van der Waals surface area contributed by atoms with Crippen LogP contribution in [-0.2, 0) is 11.2 Å². The number of carbonyl (C=O) groups is 1. The Balaban J connectivity index is 2.08. The Morgan fingerprint density at radius 1 is 1.43 bits per heavy atom. The highest BCUT2D eigenvalue weighted by molar-refractivity contribution is 7.80. The molecule has 2 N–H and O–H groups in total. The first-order valence-corrected chi connectivity index (χ1v) is 8.46. The van der Waals surface area contributed by atoms with Gasteiger partial charge in [0.15, 0.2) is 5.11 Å². The average Bonchev–Trinajstić information content (AvgIpc) is 2.97. The smallest absolute Gasteiger partial charge is 0.340 e. The molecule has 0 saturated carbocycles. The molecule has 0 radical (unpaired) electrons. The molecule has 2 aromatic heterocycles. The molecule has 2 aromatic rings. The van der Waals surface area contributed by atoms with Gasteiger partial charge < -0.3 is 15.4 Å². The highest BCUT2D eigenvalue weighted by atomic mass is 32.1. The number of thiophene rings is 1. The van der Waals surface area contributed by atoms with E-state index in [4.69, 9.17) is 17.0 Å². The summed E-state index contributed by atoms with van der Waals surface area (Å²) in [5.41, 5.74) is 1.59. The lowest BCUT2D eigenvalue weighted by Crippen LogP contribution is -2.31. The minimum atomic E-state index is -0.367. The van der Waals surface area contributed by atoms with Gasteiger partial charge in [0.25, 0.3) is 0 Å². The van der Waals surface area contributed by atoms with Crippen LogP contribution in [0.5, 0.6) is 0 Å². The van der Waals surface area contributed by atoms with Crippen LogP contribution in [0.15, 0.2) is 30.6 Å². The molecule has 0 saturated heterocycles. The predicted molar refractivity (Wildman–Crippen MR) is 97.0 cm³/mol. The summed E-state index contributed by atoms with van der Waals surface area (Å²) in [5, 5.41) is 7.47. The Morgan fingerprint density at radius 2 is 2.13 bits per heavy atom. The minimum Gasteiger partial charge on any atom is -0.465 e. The van der Waals surface area contributed by atoms with Gasteiger partial charge in [-0.05, 0) is 49.3 Å². The molecule has 0 fully saturated rings. The highest BCUT2D eigenvalue weighted by Gasteiger charge is 2.17. The van der Waals surface area contributed by atoms with Crippen molar-refractivity contribution in [3.8, 4) is 0 Å². The van der Waals surface area contributed by atoms with Gasteiger partial charge in [0, 0.05) is 17.3 Å². The Labute approximate surface area is 145 Å². The third kappa shape index (κ3) is 4.49. The maximum absolute atomic E-state index is 11.9. The number of rotatable bonds is 5. The molecule has 0 aliphatic heterocycles. The Bertz CT molecular complexity index is 686. The number of nitrogens with zero attached hydrogens (tertiary/aromatic N) is 1. The van der Waals surface area contributed by atoms with Gasteiger partial charge in [-0.1, -0.05) is 6.92 Å². The molecule has 0 spiro atoms. The van der Waals surface area contributed by atoms with Crippen LogP contribution < -0.4 is 10.6 Å². The maximum atomic E-state index is 11.9. The van der Waals surface area contributed by atoms with Crippen LogP contribution in [0.2, 0.25) is 0 Å². The summed E-state index contributed by atoms with van der Waals surface area (Å²) in [6.07, 6.45) is 4.34. The van der Waals surface area contributed by atoms with E-state index in [1.807, 2.05) is 32.0 Å². The number of nitrogens with one attached hydrogen (secondary N) is 2. The van der Waals surface area contributed by atoms with E-state index in [0.29, 0.717) is 15.7 Å². The highest BCUT2D eigenvalue weighted by Crippen LogP contribution is 2.29. The van der Waals surface area contributed by atoms with Crippen molar-refractivity contribution in [3.63, 3.8) is 0 Å². The van der Waals surface area contributed by atoms with Gasteiger partial charge in [-0.25, -0.2) is 4.79 Å². The molecule has 0 unspecified atom stereocenters. The number of carbonyl (C=O) groups excluding carboxylic acids is 1. The Kier molecular flexibility index (Phi) is 6.06. The van der Waals surface area contributed by atoms with Crippen LogP contribution in [0.4, 0.5) is 5.00 Å². The molecule has 2 rings (SSSR count). The number of aromatic nitrogens is 1.